The summed E-state index contributed by atoms with van der Waals surface area (Å²) < 4.78 is 5.04. The van der Waals surface area contributed by atoms with Crippen LogP contribution in [0.4, 0.5) is 17.1 Å². The van der Waals surface area contributed by atoms with Gasteiger partial charge in [0.15, 0.2) is 0 Å². The number of carbonyl (C=O) groups is 3. The van der Waals surface area contributed by atoms with Crippen molar-refractivity contribution in [2.45, 2.75) is 26.3 Å². The molecule has 2 aromatic rings. The molecule has 0 radical (unpaired) electrons. The largest absolute Gasteiger partial charge is 0.461 e. The smallest absolute Gasteiger partial charge is 0.354 e. The van der Waals surface area contributed by atoms with E-state index in [1.54, 1.807) is 31.2 Å². The molecular formula is C21H22N4O4. The van der Waals surface area contributed by atoms with Gasteiger partial charge < -0.3 is 15.4 Å². The zero-order valence-corrected chi connectivity index (χ0v) is 16.2. The first-order chi connectivity index (χ1) is 14.0. The Labute approximate surface area is 168 Å². The lowest BCUT2D eigenvalue weighted by Crippen LogP contribution is -2.38. The highest BCUT2D eigenvalue weighted by molar-refractivity contribution is 6.38. The molecule has 0 unspecified atom stereocenters. The molecule has 29 heavy (non-hydrogen) atoms. The maximum atomic E-state index is 12.9. The van der Waals surface area contributed by atoms with Crippen molar-refractivity contribution in [1.82, 2.24) is 0 Å². The molecule has 0 aromatic heterocycles. The van der Waals surface area contributed by atoms with Crippen molar-refractivity contribution in [2.75, 3.05) is 22.2 Å². The maximum Gasteiger partial charge on any atom is 0.354 e. The van der Waals surface area contributed by atoms with Crippen LogP contribution in [0.15, 0.2) is 59.7 Å². The van der Waals surface area contributed by atoms with Crippen LogP contribution in [0.25, 0.3) is 0 Å². The van der Waals surface area contributed by atoms with E-state index in [1.807, 2.05) is 30.3 Å². The van der Waals surface area contributed by atoms with Crippen molar-refractivity contribution in [1.29, 1.82) is 0 Å². The van der Waals surface area contributed by atoms with Gasteiger partial charge in [0, 0.05) is 24.7 Å². The number of nitrogens with zero attached hydrogens (tertiary/aromatic N) is 2. The lowest BCUT2D eigenvalue weighted by molar-refractivity contribution is -0.135. The van der Waals surface area contributed by atoms with Crippen LogP contribution in [0.2, 0.25) is 0 Å². The Morgan fingerprint density at radius 3 is 2.24 bits per heavy atom. The van der Waals surface area contributed by atoms with Crippen molar-refractivity contribution in [3.63, 3.8) is 0 Å². The van der Waals surface area contributed by atoms with E-state index >= 15 is 0 Å². The van der Waals surface area contributed by atoms with Crippen LogP contribution in [-0.4, -0.2) is 36.1 Å². The first-order valence-electron chi connectivity index (χ1n) is 9.25. The lowest BCUT2D eigenvalue weighted by atomic mass is 10.1. The van der Waals surface area contributed by atoms with Gasteiger partial charge in [-0.15, -0.1) is 0 Å². The summed E-state index contributed by atoms with van der Waals surface area (Å²) >= 11 is 0. The summed E-state index contributed by atoms with van der Waals surface area (Å²) in [5.41, 5.74) is 2.11. The summed E-state index contributed by atoms with van der Waals surface area (Å²) in [6, 6.07) is 15.3. The zero-order chi connectivity index (χ0) is 20.8. The lowest BCUT2D eigenvalue weighted by Gasteiger charge is -2.22. The molecule has 0 bridgehead atoms. The van der Waals surface area contributed by atoms with Crippen molar-refractivity contribution < 1.29 is 19.1 Å². The predicted molar refractivity (Wildman–Crippen MR) is 111 cm³/mol. The molecule has 8 heteroatoms. The van der Waals surface area contributed by atoms with Crippen molar-refractivity contribution in [3.05, 3.63) is 54.6 Å². The number of hydrogen-bond acceptors (Lipinski definition) is 6. The number of para-hydroxylation sites is 1. The van der Waals surface area contributed by atoms with Gasteiger partial charge in [-0.1, -0.05) is 18.2 Å². The Balaban J connectivity index is 1.77. The Kier molecular flexibility index (Phi) is 6.23. The third-order valence-corrected chi connectivity index (χ3v) is 4.22. The Bertz CT molecular complexity index is 925. The van der Waals surface area contributed by atoms with Gasteiger partial charge in [0.2, 0.25) is 11.8 Å². The number of carbonyl (C=O) groups excluding carboxylic acids is 3. The summed E-state index contributed by atoms with van der Waals surface area (Å²) in [6.07, 6.45) is 0.142. The minimum Gasteiger partial charge on any atom is -0.461 e. The molecule has 0 spiro atoms. The van der Waals surface area contributed by atoms with Gasteiger partial charge in [-0.2, -0.15) is 5.10 Å². The Hall–Kier alpha value is -3.68. The van der Waals surface area contributed by atoms with E-state index in [0.29, 0.717) is 17.1 Å². The minimum atomic E-state index is -0.688. The van der Waals surface area contributed by atoms with E-state index < -0.39 is 12.0 Å². The standard InChI is InChI=1S/C21H22N4O4/c1-3-29-21(28)18-13-19(25(24-18)17-7-5-4-6-8-17)20(27)23-16-11-9-15(10-12-16)22-14(2)26/h4-12,19H,3,13H2,1-2H3,(H,22,26)(H,23,27)/t19-/m1/s1. The number of nitrogens with one attached hydrogen (secondary N) is 2. The molecule has 0 fully saturated rings. The van der Waals surface area contributed by atoms with E-state index in [2.05, 4.69) is 15.7 Å². The van der Waals surface area contributed by atoms with Gasteiger partial charge in [-0.3, -0.25) is 14.6 Å². The fourth-order valence-corrected chi connectivity index (χ4v) is 2.94. The molecule has 8 nitrogen and oxygen atoms in total. The molecule has 2 amide bonds. The highest BCUT2D eigenvalue weighted by atomic mass is 16.5. The number of amides is 2. The van der Waals surface area contributed by atoms with Crippen LogP contribution in [-0.2, 0) is 19.1 Å². The number of hydrazone groups is 1. The fourth-order valence-electron chi connectivity index (χ4n) is 2.94. The van der Waals surface area contributed by atoms with E-state index in [-0.39, 0.29) is 30.6 Å². The normalized spacial score (nSPS) is 15.4. The van der Waals surface area contributed by atoms with Gasteiger partial charge in [-0.25, -0.2) is 4.79 Å². The molecule has 1 aliphatic heterocycles. The fraction of sp³-hybridized carbons (Fsp3) is 0.238. The molecule has 150 valence electrons. The quantitative estimate of drug-likeness (QED) is 0.734. The van der Waals surface area contributed by atoms with Crippen molar-refractivity contribution in [3.8, 4) is 0 Å². The SMILES string of the molecule is CCOC(=O)C1=NN(c2ccccc2)[C@@H](C(=O)Nc2ccc(NC(C)=O)cc2)C1. The third-order valence-electron chi connectivity index (χ3n) is 4.22. The summed E-state index contributed by atoms with van der Waals surface area (Å²) in [5.74, 6) is -0.998. The van der Waals surface area contributed by atoms with E-state index in [9.17, 15) is 14.4 Å². The first-order valence-corrected chi connectivity index (χ1v) is 9.25. The highest BCUT2D eigenvalue weighted by Gasteiger charge is 2.36. The second-order valence-corrected chi connectivity index (χ2v) is 6.41. The van der Waals surface area contributed by atoms with Crippen LogP contribution in [0.1, 0.15) is 20.3 Å². The van der Waals surface area contributed by atoms with Gasteiger partial charge >= 0.3 is 5.97 Å². The summed E-state index contributed by atoms with van der Waals surface area (Å²) in [4.78, 5) is 36.2. The molecule has 3 rings (SSSR count). The van der Waals surface area contributed by atoms with Crippen LogP contribution in [0, 0.1) is 0 Å². The Morgan fingerprint density at radius 2 is 1.66 bits per heavy atom. The van der Waals surface area contributed by atoms with E-state index in [1.165, 1.54) is 11.9 Å². The molecule has 1 atom stereocenters. The highest BCUT2D eigenvalue weighted by Crippen LogP contribution is 2.26. The van der Waals surface area contributed by atoms with Gasteiger partial charge in [0.25, 0.3) is 0 Å². The number of hydrogen-bond donors (Lipinski definition) is 2. The molecule has 2 N–H and O–H groups in total. The van der Waals surface area contributed by atoms with Gasteiger partial charge in [0.1, 0.15) is 11.8 Å². The topological polar surface area (TPSA) is 100 Å². The zero-order valence-electron chi connectivity index (χ0n) is 16.2. The Morgan fingerprint density at radius 1 is 1.03 bits per heavy atom. The average Bonchev–Trinajstić information content (AvgIpc) is 3.16. The predicted octanol–water partition coefficient (Wildman–Crippen LogP) is 2.78. The van der Waals surface area contributed by atoms with Gasteiger partial charge in [-0.05, 0) is 43.3 Å². The molecule has 0 aliphatic carbocycles. The number of ether oxygens (including phenoxy) is 1. The van der Waals surface area contributed by atoms with Gasteiger partial charge in [0.05, 0.1) is 12.3 Å². The average molecular weight is 394 g/mol. The molecule has 1 aliphatic rings. The van der Waals surface area contributed by atoms with Crippen molar-refractivity contribution in [2.24, 2.45) is 5.10 Å². The second kappa shape index (κ2) is 9.01. The van der Waals surface area contributed by atoms with Crippen LogP contribution in [0.3, 0.4) is 0 Å². The van der Waals surface area contributed by atoms with E-state index in [4.69, 9.17) is 4.74 Å². The number of esters is 1. The van der Waals surface area contributed by atoms with Crippen LogP contribution >= 0.6 is 0 Å². The number of benzene rings is 2. The number of anilines is 3. The van der Waals surface area contributed by atoms with Crippen LogP contribution in [0.5, 0.6) is 0 Å². The molecule has 1 heterocycles. The third kappa shape index (κ3) is 4.98. The van der Waals surface area contributed by atoms with Crippen molar-refractivity contribution >= 4 is 40.6 Å². The second-order valence-electron chi connectivity index (χ2n) is 6.41. The first kappa shape index (κ1) is 20.1. The number of rotatable bonds is 6. The minimum absolute atomic E-state index is 0.142. The molecular weight excluding hydrogens is 372 g/mol. The summed E-state index contributed by atoms with van der Waals surface area (Å²) in [5, 5.41) is 11.4. The van der Waals surface area contributed by atoms with E-state index in [0.717, 1.165) is 0 Å². The summed E-state index contributed by atoms with van der Waals surface area (Å²) in [6.45, 7) is 3.38. The summed E-state index contributed by atoms with van der Waals surface area (Å²) in [7, 11) is 0. The van der Waals surface area contributed by atoms with Crippen LogP contribution < -0.4 is 15.6 Å². The molecule has 2 aromatic carbocycles. The molecule has 0 saturated carbocycles. The molecule has 0 saturated heterocycles. The monoisotopic (exact) mass is 394 g/mol. The maximum absolute atomic E-state index is 12.9.